The van der Waals surface area contributed by atoms with E-state index in [1.807, 2.05) is 29.2 Å². The van der Waals surface area contributed by atoms with Crippen molar-refractivity contribution in [3.8, 4) is 5.75 Å². The van der Waals surface area contributed by atoms with Crippen LogP contribution in [0.15, 0.2) is 60.7 Å². The van der Waals surface area contributed by atoms with Crippen molar-refractivity contribution in [3.63, 3.8) is 0 Å². The average Bonchev–Trinajstić information content (AvgIpc) is 3.11. The van der Waals surface area contributed by atoms with Gasteiger partial charge in [0.25, 0.3) is 0 Å². The van der Waals surface area contributed by atoms with Crippen molar-refractivity contribution in [2.75, 3.05) is 19.7 Å². The van der Waals surface area contributed by atoms with E-state index in [4.69, 9.17) is 10.5 Å². The van der Waals surface area contributed by atoms with Gasteiger partial charge >= 0.3 is 0 Å². The minimum Gasteiger partial charge on any atom is -0.492 e. The van der Waals surface area contributed by atoms with Crippen molar-refractivity contribution >= 4 is 16.7 Å². The predicted molar refractivity (Wildman–Crippen MR) is 115 cm³/mol. The van der Waals surface area contributed by atoms with Gasteiger partial charge < -0.3 is 15.4 Å². The number of likely N-dealkylation sites (tertiary alicyclic amines) is 1. The summed E-state index contributed by atoms with van der Waals surface area (Å²) in [5.41, 5.74) is 9.37. The fourth-order valence-corrected chi connectivity index (χ4v) is 4.77. The number of carbonyl (C=O) groups is 1. The van der Waals surface area contributed by atoms with Crippen molar-refractivity contribution in [1.29, 1.82) is 0 Å². The molecule has 2 aliphatic heterocycles. The lowest BCUT2D eigenvalue weighted by molar-refractivity contribution is -0.132. The number of nitrogens with two attached hydrogens (primary N) is 1. The second-order valence-electron chi connectivity index (χ2n) is 8.34. The molecule has 0 unspecified atom stereocenters. The minimum absolute atomic E-state index is 0.0280. The Morgan fingerprint density at radius 3 is 2.52 bits per heavy atom. The fraction of sp³-hybridized carbons (Fsp3) is 0.320. The lowest BCUT2D eigenvalue weighted by atomic mass is 9.74. The molecule has 0 aliphatic carbocycles. The first kappa shape index (κ1) is 18.2. The van der Waals surface area contributed by atoms with Crippen LogP contribution in [0, 0.1) is 0 Å². The minimum atomic E-state index is 0.0280. The molecule has 0 saturated carbocycles. The van der Waals surface area contributed by atoms with Gasteiger partial charge in [-0.25, -0.2) is 0 Å². The van der Waals surface area contributed by atoms with E-state index in [1.54, 1.807) is 0 Å². The van der Waals surface area contributed by atoms with E-state index in [1.165, 1.54) is 16.3 Å². The number of fused-ring (bicyclic) bond motifs is 3. The highest BCUT2D eigenvalue weighted by Gasteiger charge is 2.43. The topological polar surface area (TPSA) is 55.6 Å². The van der Waals surface area contributed by atoms with Gasteiger partial charge in [0, 0.05) is 30.6 Å². The summed E-state index contributed by atoms with van der Waals surface area (Å²) in [6.07, 6.45) is 2.34. The van der Waals surface area contributed by atoms with Crippen LogP contribution in [0.3, 0.4) is 0 Å². The highest BCUT2D eigenvalue weighted by atomic mass is 16.5. The maximum Gasteiger partial charge on any atom is 0.226 e. The molecule has 2 aliphatic rings. The number of rotatable bonds is 3. The van der Waals surface area contributed by atoms with Crippen molar-refractivity contribution in [1.82, 2.24) is 4.90 Å². The van der Waals surface area contributed by atoms with E-state index in [2.05, 4.69) is 36.4 Å². The third kappa shape index (κ3) is 3.28. The van der Waals surface area contributed by atoms with Crippen LogP contribution in [0.1, 0.15) is 29.5 Å². The number of benzene rings is 3. The zero-order valence-corrected chi connectivity index (χ0v) is 16.6. The molecule has 0 aromatic heterocycles. The number of piperidine rings is 1. The van der Waals surface area contributed by atoms with E-state index in [-0.39, 0.29) is 11.3 Å². The van der Waals surface area contributed by atoms with Gasteiger partial charge in [0.05, 0.1) is 13.0 Å². The van der Waals surface area contributed by atoms with E-state index in [9.17, 15) is 4.79 Å². The number of nitrogens with zero attached hydrogens (tertiary/aromatic N) is 1. The first-order valence-electron chi connectivity index (χ1n) is 10.4. The van der Waals surface area contributed by atoms with E-state index in [0.29, 0.717) is 19.6 Å². The predicted octanol–water partition coefficient (Wildman–Crippen LogP) is 3.79. The van der Waals surface area contributed by atoms with Crippen molar-refractivity contribution in [3.05, 3.63) is 77.4 Å². The first-order valence-corrected chi connectivity index (χ1v) is 10.4. The Bertz CT molecular complexity index is 1070. The summed E-state index contributed by atoms with van der Waals surface area (Å²) in [4.78, 5) is 15.0. The Labute approximate surface area is 171 Å². The molecule has 1 saturated heterocycles. The molecule has 0 atom stereocenters. The Morgan fingerprint density at radius 1 is 0.966 bits per heavy atom. The zero-order valence-electron chi connectivity index (χ0n) is 16.6. The Kier molecular flexibility index (Phi) is 4.51. The molecule has 2 N–H and O–H groups in total. The third-order valence-electron chi connectivity index (χ3n) is 6.60. The molecule has 1 spiro atoms. The highest BCUT2D eigenvalue weighted by Crippen LogP contribution is 2.45. The van der Waals surface area contributed by atoms with Crippen molar-refractivity contribution in [2.24, 2.45) is 5.73 Å². The molecule has 4 heteroatoms. The molecule has 3 aromatic rings. The SMILES string of the molecule is NCc1ccc2c(c1)C1(CCN(C(=O)Cc3ccc4ccccc4c3)CC1)CO2. The summed E-state index contributed by atoms with van der Waals surface area (Å²) < 4.78 is 5.98. The molecule has 4 nitrogen and oxygen atoms in total. The Balaban J connectivity index is 1.28. The van der Waals surface area contributed by atoms with Crippen LogP contribution in [0.2, 0.25) is 0 Å². The van der Waals surface area contributed by atoms with Gasteiger partial charge in [0.15, 0.2) is 0 Å². The van der Waals surface area contributed by atoms with Gasteiger partial charge in [0.2, 0.25) is 5.91 Å². The van der Waals surface area contributed by atoms with Crippen molar-refractivity contribution < 1.29 is 9.53 Å². The van der Waals surface area contributed by atoms with Crippen LogP contribution in [0.25, 0.3) is 10.8 Å². The lowest BCUT2D eigenvalue weighted by Gasteiger charge is -2.38. The molecule has 29 heavy (non-hydrogen) atoms. The molecule has 1 fully saturated rings. The molecular weight excluding hydrogens is 360 g/mol. The zero-order chi connectivity index (χ0) is 19.8. The van der Waals surface area contributed by atoms with Crippen LogP contribution in [-0.2, 0) is 23.2 Å². The number of hydrogen-bond acceptors (Lipinski definition) is 3. The summed E-state index contributed by atoms with van der Waals surface area (Å²) in [6.45, 7) is 2.81. The second-order valence-corrected chi connectivity index (χ2v) is 8.34. The molecule has 1 amide bonds. The molecule has 148 valence electrons. The van der Waals surface area contributed by atoms with Crippen molar-refractivity contribution in [2.45, 2.75) is 31.2 Å². The summed E-state index contributed by atoms with van der Waals surface area (Å²) >= 11 is 0. The van der Waals surface area contributed by atoms with Crippen LogP contribution < -0.4 is 10.5 Å². The summed E-state index contributed by atoms with van der Waals surface area (Å²) in [5, 5.41) is 2.39. The number of ether oxygens (including phenoxy) is 1. The fourth-order valence-electron chi connectivity index (χ4n) is 4.77. The molecular formula is C25H26N2O2. The lowest BCUT2D eigenvalue weighted by Crippen LogP contribution is -2.46. The molecule has 0 bridgehead atoms. The van der Waals surface area contributed by atoms with Gasteiger partial charge in [-0.05, 0) is 40.8 Å². The molecule has 2 heterocycles. The monoisotopic (exact) mass is 386 g/mol. The van der Waals surface area contributed by atoms with Gasteiger partial charge in [-0.1, -0.05) is 54.6 Å². The van der Waals surface area contributed by atoms with Gasteiger partial charge in [-0.3, -0.25) is 4.79 Å². The number of hydrogen-bond donors (Lipinski definition) is 1. The van der Waals surface area contributed by atoms with E-state index < -0.39 is 0 Å². The number of carbonyl (C=O) groups excluding carboxylic acids is 1. The highest BCUT2D eigenvalue weighted by molar-refractivity contribution is 5.85. The van der Waals surface area contributed by atoms with Crippen LogP contribution in [0.4, 0.5) is 0 Å². The Hall–Kier alpha value is -2.85. The van der Waals surface area contributed by atoms with Gasteiger partial charge in [-0.2, -0.15) is 0 Å². The van der Waals surface area contributed by atoms with E-state index >= 15 is 0 Å². The normalized spacial score (nSPS) is 17.3. The maximum absolute atomic E-state index is 12.9. The molecule has 0 radical (unpaired) electrons. The van der Waals surface area contributed by atoms with Gasteiger partial charge in [-0.15, -0.1) is 0 Å². The summed E-state index contributed by atoms with van der Waals surface area (Å²) in [6, 6.07) is 20.9. The quantitative estimate of drug-likeness (QED) is 0.745. The smallest absolute Gasteiger partial charge is 0.226 e. The number of amides is 1. The molecule has 5 rings (SSSR count). The van der Waals surface area contributed by atoms with Crippen LogP contribution in [-0.4, -0.2) is 30.5 Å². The largest absolute Gasteiger partial charge is 0.492 e. The standard InChI is InChI=1S/C25H26N2O2/c26-16-19-6-8-23-22(14-19)25(17-29-23)9-11-27(12-10-25)24(28)15-18-5-7-20-3-1-2-4-21(20)13-18/h1-8,13-14H,9-12,15-17,26H2. The maximum atomic E-state index is 12.9. The van der Waals surface area contributed by atoms with Gasteiger partial charge in [0.1, 0.15) is 5.75 Å². The van der Waals surface area contributed by atoms with E-state index in [0.717, 1.165) is 42.8 Å². The average molecular weight is 386 g/mol. The first-order chi connectivity index (χ1) is 14.2. The summed E-state index contributed by atoms with van der Waals surface area (Å²) in [5.74, 6) is 1.20. The second kappa shape index (κ2) is 7.20. The summed E-state index contributed by atoms with van der Waals surface area (Å²) in [7, 11) is 0. The Morgan fingerprint density at radius 2 is 1.72 bits per heavy atom. The molecule has 3 aromatic carbocycles. The van der Waals surface area contributed by atoms with Crippen LogP contribution in [0.5, 0.6) is 5.75 Å². The third-order valence-corrected chi connectivity index (χ3v) is 6.60. The van der Waals surface area contributed by atoms with Crippen LogP contribution >= 0.6 is 0 Å².